The molecule has 2 heteroatoms. The van der Waals surface area contributed by atoms with Gasteiger partial charge in [-0.2, -0.15) is 0 Å². The molecule has 0 aliphatic carbocycles. The fraction of sp³-hybridized carbons (Fsp3) is 0.250. The number of alkyl halides is 1. The van der Waals surface area contributed by atoms with Crippen molar-refractivity contribution in [2.75, 3.05) is 12.5 Å². The van der Waals surface area contributed by atoms with Crippen LogP contribution < -0.4 is 4.74 Å². The average molecular weight is 259 g/mol. The van der Waals surface area contributed by atoms with Gasteiger partial charge in [0.05, 0.1) is 12.2 Å². The summed E-state index contributed by atoms with van der Waals surface area (Å²) in [4.78, 5) is 0. The summed E-state index contributed by atoms with van der Waals surface area (Å²) in [6.45, 7) is 2.62. The normalized spacial score (nSPS) is 9.89. The zero-order chi connectivity index (χ0) is 12.8. The summed E-state index contributed by atoms with van der Waals surface area (Å²) in [5.74, 6) is 7.67. The Bertz CT molecular complexity index is 593. The predicted molar refractivity (Wildman–Crippen MR) is 77.3 cm³/mol. The van der Waals surface area contributed by atoms with E-state index in [1.165, 1.54) is 5.39 Å². The Balaban J connectivity index is 2.56. The minimum atomic E-state index is 0.557. The van der Waals surface area contributed by atoms with Crippen LogP contribution in [0.4, 0.5) is 0 Å². The molecule has 18 heavy (non-hydrogen) atoms. The number of hydrogen-bond acceptors (Lipinski definition) is 1. The lowest BCUT2D eigenvalue weighted by molar-refractivity contribution is 0.340. The summed E-state index contributed by atoms with van der Waals surface area (Å²) in [5, 5.41) is 2.31. The maximum Gasteiger partial charge on any atom is 0.135 e. The van der Waals surface area contributed by atoms with Crippen LogP contribution >= 0.6 is 11.6 Å². The van der Waals surface area contributed by atoms with Crippen molar-refractivity contribution in [3.05, 3.63) is 42.0 Å². The zero-order valence-corrected chi connectivity index (χ0v) is 11.1. The van der Waals surface area contributed by atoms with Gasteiger partial charge in [-0.3, -0.25) is 0 Å². The molecular weight excluding hydrogens is 244 g/mol. The molecule has 0 bridgehead atoms. The number of fused-ring (bicyclic) bond motifs is 1. The van der Waals surface area contributed by atoms with Crippen LogP contribution in [0.15, 0.2) is 36.4 Å². The van der Waals surface area contributed by atoms with E-state index in [2.05, 4.69) is 30.0 Å². The second kappa shape index (κ2) is 6.33. The van der Waals surface area contributed by atoms with Gasteiger partial charge in [0.25, 0.3) is 0 Å². The molecule has 2 aromatic rings. The highest BCUT2D eigenvalue weighted by atomic mass is 35.5. The summed E-state index contributed by atoms with van der Waals surface area (Å²) in [7, 11) is 0. The largest absolute Gasteiger partial charge is 0.493 e. The van der Waals surface area contributed by atoms with Crippen LogP contribution in [0, 0.1) is 11.8 Å². The Hall–Kier alpha value is -1.65. The Morgan fingerprint density at radius 1 is 1.17 bits per heavy atom. The Kier molecular flexibility index (Phi) is 4.50. The van der Waals surface area contributed by atoms with Crippen molar-refractivity contribution in [2.45, 2.75) is 13.3 Å². The first kappa shape index (κ1) is 12.8. The van der Waals surface area contributed by atoms with Gasteiger partial charge >= 0.3 is 0 Å². The maximum atomic E-state index is 5.65. The van der Waals surface area contributed by atoms with Gasteiger partial charge in [-0.05, 0) is 18.4 Å². The maximum absolute atomic E-state index is 5.65. The minimum absolute atomic E-state index is 0.557. The third-order valence-electron chi connectivity index (χ3n) is 2.62. The number of rotatable bonds is 3. The average Bonchev–Trinajstić information content (AvgIpc) is 2.41. The van der Waals surface area contributed by atoms with Crippen molar-refractivity contribution in [3.8, 4) is 17.6 Å². The molecular formula is C16H15ClO. The lowest BCUT2D eigenvalue weighted by Crippen LogP contribution is -1.95. The molecule has 0 aliphatic heterocycles. The van der Waals surface area contributed by atoms with Crippen LogP contribution in [0.1, 0.15) is 18.9 Å². The molecule has 0 saturated heterocycles. The van der Waals surface area contributed by atoms with Gasteiger partial charge in [0, 0.05) is 17.7 Å². The van der Waals surface area contributed by atoms with Crippen molar-refractivity contribution in [1.29, 1.82) is 0 Å². The summed E-state index contributed by atoms with van der Waals surface area (Å²) in [5.41, 5.74) is 0.958. The molecule has 92 valence electrons. The third-order valence-corrected chi connectivity index (χ3v) is 2.81. The van der Waals surface area contributed by atoms with E-state index in [0.29, 0.717) is 18.9 Å². The lowest BCUT2D eigenvalue weighted by Gasteiger charge is -2.08. The van der Waals surface area contributed by atoms with Gasteiger partial charge in [-0.25, -0.2) is 0 Å². The number of ether oxygens (including phenoxy) is 1. The molecule has 0 radical (unpaired) electrons. The molecule has 2 rings (SSSR count). The number of hydrogen-bond donors (Lipinski definition) is 0. The van der Waals surface area contributed by atoms with Crippen molar-refractivity contribution in [3.63, 3.8) is 0 Å². The standard InChI is InChI=1S/C16H15ClO/c1-2-18-16-11-10-13-7-3-4-8-14(13)15(16)9-5-6-12-17/h3-4,7-8,10-11H,2,6,12H2,1H3. The van der Waals surface area contributed by atoms with Gasteiger partial charge in [0.1, 0.15) is 5.75 Å². The fourth-order valence-electron chi connectivity index (χ4n) is 1.85. The molecule has 0 unspecified atom stereocenters. The van der Waals surface area contributed by atoms with Crippen molar-refractivity contribution in [2.24, 2.45) is 0 Å². The molecule has 0 N–H and O–H groups in total. The van der Waals surface area contributed by atoms with Gasteiger partial charge in [0.15, 0.2) is 0 Å². The molecule has 0 spiro atoms. The van der Waals surface area contributed by atoms with E-state index in [9.17, 15) is 0 Å². The zero-order valence-electron chi connectivity index (χ0n) is 10.4. The van der Waals surface area contributed by atoms with Gasteiger partial charge < -0.3 is 4.74 Å². The van der Waals surface area contributed by atoms with Gasteiger partial charge in [0.2, 0.25) is 0 Å². The van der Waals surface area contributed by atoms with Crippen LogP contribution in [0.2, 0.25) is 0 Å². The molecule has 2 aromatic carbocycles. The second-order valence-corrected chi connectivity index (χ2v) is 4.21. The summed E-state index contributed by atoms with van der Waals surface area (Å²) in [6.07, 6.45) is 0.691. The summed E-state index contributed by atoms with van der Waals surface area (Å²) < 4.78 is 5.64. The Labute approximate surface area is 113 Å². The smallest absolute Gasteiger partial charge is 0.135 e. The van der Waals surface area contributed by atoms with E-state index in [4.69, 9.17) is 16.3 Å². The Morgan fingerprint density at radius 3 is 2.78 bits per heavy atom. The highest BCUT2D eigenvalue weighted by Crippen LogP contribution is 2.27. The highest BCUT2D eigenvalue weighted by molar-refractivity contribution is 6.18. The SMILES string of the molecule is CCOc1ccc2ccccc2c1C#CCCCl. The fourth-order valence-corrected chi connectivity index (χ4v) is 1.95. The topological polar surface area (TPSA) is 9.23 Å². The predicted octanol–water partition coefficient (Wildman–Crippen LogP) is 4.22. The highest BCUT2D eigenvalue weighted by Gasteiger charge is 2.05. The number of benzene rings is 2. The van der Waals surface area contributed by atoms with Crippen LogP contribution in [0.5, 0.6) is 5.75 Å². The van der Waals surface area contributed by atoms with E-state index in [1.807, 2.05) is 25.1 Å². The third kappa shape index (κ3) is 2.78. The minimum Gasteiger partial charge on any atom is -0.493 e. The van der Waals surface area contributed by atoms with Crippen molar-refractivity contribution < 1.29 is 4.74 Å². The van der Waals surface area contributed by atoms with Crippen molar-refractivity contribution in [1.82, 2.24) is 0 Å². The van der Waals surface area contributed by atoms with E-state index >= 15 is 0 Å². The van der Waals surface area contributed by atoms with Crippen LogP contribution in [-0.4, -0.2) is 12.5 Å². The van der Waals surface area contributed by atoms with Gasteiger partial charge in [-0.15, -0.1) is 11.6 Å². The van der Waals surface area contributed by atoms with Crippen LogP contribution in [0.25, 0.3) is 10.8 Å². The monoisotopic (exact) mass is 258 g/mol. The molecule has 0 atom stereocenters. The van der Waals surface area contributed by atoms with E-state index in [0.717, 1.165) is 16.7 Å². The van der Waals surface area contributed by atoms with E-state index < -0.39 is 0 Å². The molecule has 0 saturated carbocycles. The van der Waals surface area contributed by atoms with Crippen molar-refractivity contribution >= 4 is 22.4 Å². The second-order valence-electron chi connectivity index (χ2n) is 3.83. The quantitative estimate of drug-likeness (QED) is 0.592. The summed E-state index contributed by atoms with van der Waals surface area (Å²) >= 11 is 5.65. The molecule has 0 amide bonds. The first-order chi connectivity index (χ1) is 8.86. The molecule has 0 aliphatic rings. The first-order valence-corrected chi connectivity index (χ1v) is 6.59. The van der Waals surface area contributed by atoms with Crippen LogP contribution in [0.3, 0.4) is 0 Å². The molecule has 0 heterocycles. The number of halogens is 1. The summed E-state index contributed by atoms with van der Waals surface area (Å²) in [6, 6.07) is 12.2. The molecule has 0 aromatic heterocycles. The van der Waals surface area contributed by atoms with Crippen LogP contribution in [-0.2, 0) is 0 Å². The molecule has 1 nitrogen and oxygen atoms in total. The lowest BCUT2D eigenvalue weighted by atomic mass is 10.0. The van der Waals surface area contributed by atoms with Gasteiger partial charge in [-0.1, -0.05) is 42.2 Å². The first-order valence-electron chi connectivity index (χ1n) is 6.06. The Morgan fingerprint density at radius 2 is 2.00 bits per heavy atom. The van der Waals surface area contributed by atoms with E-state index in [-0.39, 0.29) is 0 Å². The van der Waals surface area contributed by atoms with E-state index in [1.54, 1.807) is 0 Å². The molecule has 0 fully saturated rings.